The second-order valence-electron chi connectivity index (χ2n) is 6.75. The van der Waals surface area contributed by atoms with E-state index in [9.17, 15) is 8.78 Å². The van der Waals surface area contributed by atoms with Gasteiger partial charge in [0.15, 0.2) is 17.5 Å². The van der Waals surface area contributed by atoms with Gasteiger partial charge in [0.25, 0.3) is 0 Å². The first-order valence-corrected chi connectivity index (χ1v) is 10.1. The van der Waals surface area contributed by atoms with Crippen molar-refractivity contribution in [1.82, 2.24) is 10.6 Å². The van der Waals surface area contributed by atoms with E-state index in [4.69, 9.17) is 14.2 Å². The Labute approximate surface area is 180 Å². The van der Waals surface area contributed by atoms with Gasteiger partial charge in [-0.25, -0.2) is 0 Å². The predicted molar refractivity (Wildman–Crippen MR) is 113 cm³/mol. The number of aliphatic imine (C=N–C) groups is 1. The molecule has 3 rings (SSSR count). The summed E-state index contributed by atoms with van der Waals surface area (Å²) < 4.78 is 46.3. The molecule has 31 heavy (non-hydrogen) atoms. The molecule has 0 saturated carbocycles. The van der Waals surface area contributed by atoms with Crippen molar-refractivity contribution in [2.45, 2.75) is 26.0 Å². The molecular weight excluding hydrogens is 408 g/mol. The molecule has 2 N–H and O–H groups in total. The molecule has 0 unspecified atom stereocenters. The Morgan fingerprint density at radius 2 is 1.87 bits per heavy atom. The van der Waals surface area contributed by atoms with Crippen molar-refractivity contribution < 1.29 is 27.7 Å². The van der Waals surface area contributed by atoms with Crippen LogP contribution in [0.15, 0.2) is 47.5 Å². The lowest BCUT2D eigenvalue weighted by Gasteiger charge is -2.15. The van der Waals surface area contributed by atoms with E-state index >= 15 is 0 Å². The summed E-state index contributed by atoms with van der Waals surface area (Å²) in [6, 6.07) is 13.2. The van der Waals surface area contributed by atoms with Crippen molar-refractivity contribution >= 4 is 5.96 Å². The van der Waals surface area contributed by atoms with Crippen molar-refractivity contribution in [2.24, 2.45) is 4.99 Å². The van der Waals surface area contributed by atoms with Crippen LogP contribution in [0.4, 0.5) is 8.78 Å². The fourth-order valence-electron chi connectivity index (χ4n) is 3.03. The molecule has 0 fully saturated rings. The van der Waals surface area contributed by atoms with Crippen LogP contribution in [0.25, 0.3) is 0 Å². The van der Waals surface area contributed by atoms with Crippen LogP contribution in [0, 0.1) is 0 Å². The van der Waals surface area contributed by atoms with Crippen molar-refractivity contribution in [1.29, 1.82) is 0 Å². The van der Waals surface area contributed by atoms with Crippen LogP contribution < -0.4 is 24.8 Å². The van der Waals surface area contributed by atoms with E-state index in [0.29, 0.717) is 42.8 Å². The summed E-state index contributed by atoms with van der Waals surface area (Å²) in [6.07, 6.45) is 1.69. The van der Waals surface area contributed by atoms with E-state index in [1.807, 2.05) is 18.2 Å². The zero-order valence-corrected chi connectivity index (χ0v) is 17.4. The molecule has 0 radical (unpaired) electrons. The quantitative estimate of drug-likeness (QED) is 0.321. The third kappa shape index (κ3) is 7.29. The predicted octanol–water partition coefficient (Wildman–Crippen LogP) is 3.33. The molecule has 1 aliphatic rings. The van der Waals surface area contributed by atoms with Gasteiger partial charge in [-0.05, 0) is 24.5 Å². The number of fused-ring (bicyclic) bond motifs is 1. The lowest BCUT2D eigenvalue weighted by molar-refractivity contribution is -0.0505. The monoisotopic (exact) mass is 435 g/mol. The Kier molecular flexibility index (Phi) is 8.71. The summed E-state index contributed by atoms with van der Waals surface area (Å²) in [5.41, 5.74) is 1.76. The zero-order chi connectivity index (χ0) is 21.9. The number of guanidine groups is 1. The minimum absolute atomic E-state index is 0.0361. The minimum Gasteiger partial charge on any atom is -0.454 e. The first-order chi connectivity index (χ1) is 15.2. The number of benzene rings is 2. The van der Waals surface area contributed by atoms with Gasteiger partial charge in [0, 0.05) is 38.4 Å². The van der Waals surface area contributed by atoms with Crippen molar-refractivity contribution in [3.63, 3.8) is 0 Å². The Balaban J connectivity index is 1.38. The molecule has 2 aromatic carbocycles. The second-order valence-corrected chi connectivity index (χ2v) is 6.75. The summed E-state index contributed by atoms with van der Waals surface area (Å²) in [5.74, 6) is 1.46. The number of ether oxygens (including phenoxy) is 4. The third-order valence-electron chi connectivity index (χ3n) is 4.58. The van der Waals surface area contributed by atoms with E-state index in [0.717, 1.165) is 12.8 Å². The number of rotatable bonds is 11. The van der Waals surface area contributed by atoms with E-state index in [1.165, 1.54) is 11.6 Å². The average Bonchev–Trinajstić information content (AvgIpc) is 3.22. The highest BCUT2D eigenvalue weighted by Crippen LogP contribution is 2.38. The Hall–Kier alpha value is -3.07. The van der Waals surface area contributed by atoms with Gasteiger partial charge in [-0.2, -0.15) is 8.78 Å². The number of hydrogen-bond donors (Lipinski definition) is 2. The van der Waals surface area contributed by atoms with Gasteiger partial charge in [0.05, 0.1) is 6.61 Å². The molecule has 0 bridgehead atoms. The second kappa shape index (κ2) is 11.9. The molecule has 1 aliphatic heterocycles. The molecule has 0 aromatic heterocycles. The van der Waals surface area contributed by atoms with Gasteiger partial charge in [0.1, 0.15) is 5.75 Å². The maximum Gasteiger partial charge on any atom is 0.387 e. The highest BCUT2D eigenvalue weighted by atomic mass is 19.3. The molecule has 2 aromatic rings. The maximum atomic E-state index is 12.7. The molecule has 9 heteroatoms. The highest BCUT2D eigenvalue weighted by molar-refractivity contribution is 5.79. The molecule has 0 amide bonds. The summed E-state index contributed by atoms with van der Waals surface area (Å²) in [4.78, 5) is 4.15. The number of hydrogen-bond acceptors (Lipinski definition) is 5. The molecule has 0 aliphatic carbocycles. The van der Waals surface area contributed by atoms with Gasteiger partial charge in [0.2, 0.25) is 6.79 Å². The minimum atomic E-state index is -2.93. The van der Waals surface area contributed by atoms with Crippen LogP contribution in [-0.4, -0.2) is 46.2 Å². The van der Waals surface area contributed by atoms with Gasteiger partial charge in [-0.15, -0.1) is 0 Å². The van der Waals surface area contributed by atoms with Crippen LogP contribution in [0.5, 0.6) is 17.2 Å². The van der Waals surface area contributed by atoms with Crippen LogP contribution in [0.3, 0.4) is 0 Å². The van der Waals surface area contributed by atoms with Crippen LogP contribution in [0.1, 0.15) is 17.5 Å². The van der Waals surface area contributed by atoms with Crippen LogP contribution >= 0.6 is 0 Å². The van der Waals surface area contributed by atoms with Crippen molar-refractivity contribution in [2.75, 3.05) is 33.6 Å². The SMILES string of the molecule is CN=C(NCCCOCCc1ccccc1)NCc1cc2c(cc1OC(F)F)OCO2. The van der Waals surface area contributed by atoms with Gasteiger partial charge in [-0.1, -0.05) is 30.3 Å². The van der Waals surface area contributed by atoms with E-state index in [1.54, 1.807) is 13.1 Å². The Morgan fingerprint density at radius 1 is 1.10 bits per heavy atom. The Bertz CT molecular complexity index is 850. The lowest BCUT2D eigenvalue weighted by atomic mass is 10.1. The topological polar surface area (TPSA) is 73.3 Å². The summed E-state index contributed by atoms with van der Waals surface area (Å²) in [6.45, 7) is -0.687. The molecule has 0 saturated heterocycles. The van der Waals surface area contributed by atoms with Crippen LogP contribution in [-0.2, 0) is 17.7 Å². The maximum absolute atomic E-state index is 12.7. The van der Waals surface area contributed by atoms with E-state index in [2.05, 4.69) is 32.5 Å². The molecule has 7 nitrogen and oxygen atoms in total. The number of halogens is 2. The first-order valence-electron chi connectivity index (χ1n) is 10.1. The highest BCUT2D eigenvalue weighted by Gasteiger charge is 2.20. The summed E-state index contributed by atoms with van der Waals surface area (Å²) in [5, 5.41) is 6.27. The van der Waals surface area contributed by atoms with Gasteiger partial charge >= 0.3 is 6.61 Å². The largest absolute Gasteiger partial charge is 0.454 e. The number of alkyl halides is 2. The molecule has 1 heterocycles. The fraction of sp³-hybridized carbons (Fsp3) is 0.409. The standard InChI is InChI=1S/C22H27F2N3O4/c1-25-22(26-9-5-10-28-11-8-16-6-3-2-4-7-16)27-14-17-12-19-20(30-15-29-19)13-18(17)31-21(23)24/h2-4,6-7,12-13,21H,5,8-11,14-15H2,1H3,(H2,25,26,27). The van der Waals surface area contributed by atoms with Gasteiger partial charge in [-0.3, -0.25) is 4.99 Å². The van der Waals surface area contributed by atoms with Crippen LogP contribution in [0.2, 0.25) is 0 Å². The average molecular weight is 435 g/mol. The first kappa shape index (κ1) is 22.6. The lowest BCUT2D eigenvalue weighted by Crippen LogP contribution is -2.37. The normalized spacial score (nSPS) is 12.8. The van der Waals surface area contributed by atoms with Crippen molar-refractivity contribution in [3.05, 3.63) is 53.6 Å². The van der Waals surface area contributed by atoms with E-state index < -0.39 is 6.61 Å². The van der Waals surface area contributed by atoms with Crippen molar-refractivity contribution in [3.8, 4) is 17.2 Å². The molecular formula is C22H27F2N3O4. The fourth-order valence-corrected chi connectivity index (χ4v) is 3.03. The summed E-state index contributed by atoms with van der Waals surface area (Å²) >= 11 is 0. The smallest absolute Gasteiger partial charge is 0.387 e. The number of nitrogens with zero attached hydrogens (tertiary/aromatic N) is 1. The molecule has 0 atom stereocenters. The van der Waals surface area contributed by atoms with E-state index in [-0.39, 0.29) is 19.1 Å². The molecule has 168 valence electrons. The number of nitrogens with one attached hydrogen (secondary N) is 2. The molecule has 0 spiro atoms. The third-order valence-corrected chi connectivity index (χ3v) is 4.58. The summed E-state index contributed by atoms with van der Waals surface area (Å²) in [7, 11) is 1.64. The van der Waals surface area contributed by atoms with Gasteiger partial charge < -0.3 is 29.6 Å². The Morgan fingerprint density at radius 3 is 2.61 bits per heavy atom. The zero-order valence-electron chi connectivity index (χ0n) is 17.4.